The molecule has 2 aromatic carbocycles. The number of carbonyl (C=O) groups excluding carboxylic acids is 1. The Morgan fingerprint density at radius 2 is 1.92 bits per heavy atom. The first-order chi connectivity index (χ1) is 11.5. The third kappa shape index (κ3) is 5.77. The predicted molar refractivity (Wildman–Crippen MR) is 101 cm³/mol. The minimum atomic E-state index is -0.522. The molecule has 2 rings (SSSR count). The smallest absolute Gasteiger partial charge is 0.260 e. The molecule has 128 valence electrons. The lowest BCUT2D eigenvalue weighted by Gasteiger charge is -2.16. The number of amides is 1. The second kappa shape index (κ2) is 9.00. The van der Waals surface area contributed by atoms with Crippen molar-refractivity contribution in [3.8, 4) is 5.75 Å². The molecule has 24 heavy (non-hydrogen) atoms. The van der Waals surface area contributed by atoms with Crippen LogP contribution < -0.4 is 10.1 Å². The fourth-order valence-electron chi connectivity index (χ4n) is 2.10. The van der Waals surface area contributed by atoms with Crippen LogP contribution in [0.15, 0.2) is 47.4 Å². The summed E-state index contributed by atoms with van der Waals surface area (Å²) in [5, 5.41) is 3.63. The van der Waals surface area contributed by atoms with Gasteiger partial charge in [0, 0.05) is 22.2 Å². The summed E-state index contributed by atoms with van der Waals surface area (Å²) in [6.45, 7) is 6.34. The summed E-state index contributed by atoms with van der Waals surface area (Å²) in [6, 6.07) is 13.7. The fourth-order valence-corrected chi connectivity index (χ4v) is 2.99. The lowest BCUT2D eigenvalue weighted by atomic mass is 10.1. The lowest BCUT2D eigenvalue weighted by Crippen LogP contribution is -2.37. The average molecular weight is 364 g/mol. The van der Waals surface area contributed by atoms with Crippen molar-refractivity contribution in [1.82, 2.24) is 5.32 Å². The monoisotopic (exact) mass is 363 g/mol. The highest BCUT2D eigenvalue weighted by molar-refractivity contribution is 7.99. The van der Waals surface area contributed by atoms with E-state index in [0.717, 1.165) is 32.5 Å². The Kier molecular flexibility index (Phi) is 7.00. The second-order valence-corrected chi connectivity index (χ2v) is 7.23. The molecule has 0 saturated heterocycles. The summed E-state index contributed by atoms with van der Waals surface area (Å²) in [5.74, 6) is 1.45. The minimum absolute atomic E-state index is 0.104. The first-order valence-corrected chi connectivity index (χ1v) is 9.22. The van der Waals surface area contributed by atoms with Gasteiger partial charge in [0.1, 0.15) is 5.75 Å². The molecule has 0 spiro atoms. The van der Waals surface area contributed by atoms with E-state index in [1.165, 1.54) is 0 Å². The van der Waals surface area contributed by atoms with Crippen LogP contribution in [0, 0.1) is 13.8 Å². The van der Waals surface area contributed by atoms with Crippen LogP contribution >= 0.6 is 23.4 Å². The number of halogens is 1. The number of hydrogen-bond donors (Lipinski definition) is 1. The molecule has 0 fully saturated rings. The van der Waals surface area contributed by atoms with E-state index < -0.39 is 6.10 Å². The van der Waals surface area contributed by atoms with E-state index in [1.807, 2.05) is 56.3 Å². The van der Waals surface area contributed by atoms with Crippen LogP contribution in [0.1, 0.15) is 18.1 Å². The molecule has 0 aromatic heterocycles. The van der Waals surface area contributed by atoms with Gasteiger partial charge < -0.3 is 10.1 Å². The number of rotatable bonds is 7. The number of ether oxygens (including phenoxy) is 1. The molecule has 0 aliphatic heterocycles. The Balaban J connectivity index is 1.75. The third-order valence-electron chi connectivity index (χ3n) is 3.50. The number of thioether (sulfide) groups is 1. The van der Waals surface area contributed by atoms with E-state index in [2.05, 4.69) is 5.32 Å². The van der Waals surface area contributed by atoms with Gasteiger partial charge in [-0.05, 0) is 62.2 Å². The third-order valence-corrected chi connectivity index (χ3v) is 4.77. The van der Waals surface area contributed by atoms with Gasteiger partial charge in [-0.2, -0.15) is 0 Å². The van der Waals surface area contributed by atoms with Gasteiger partial charge in [-0.3, -0.25) is 4.79 Å². The van der Waals surface area contributed by atoms with Gasteiger partial charge in [-0.1, -0.05) is 23.7 Å². The summed E-state index contributed by atoms with van der Waals surface area (Å²) in [6.07, 6.45) is -0.522. The van der Waals surface area contributed by atoms with E-state index in [1.54, 1.807) is 18.7 Å². The average Bonchev–Trinajstić information content (AvgIpc) is 2.56. The van der Waals surface area contributed by atoms with E-state index in [0.29, 0.717) is 6.54 Å². The standard InChI is InChI=1S/C19H22ClNO2S/c1-13-4-5-14(2)18(12-13)23-15(3)19(22)21-10-11-24-17-8-6-16(20)7-9-17/h4-9,12,15H,10-11H2,1-3H3,(H,21,22). The predicted octanol–water partition coefficient (Wildman–Crippen LogP) is 4.63. The van der Waals surface area contributed by atoms with Crippen molar-refractivity contribution in [2.24, 2.45) is 0 Å². The maximum Gasteiger partial charge on any atom is 0.260 e. The van der Waals surface area contributed by atoms with Gasteiger partial charge >= 0.3 is 0 Å². The Bertz CT molecular complexity index is 688. The SMILES string of the molecule is Cc1ccc(C)c(OC(C)C(=O)NCCSc2ccc(Cl)cc2)c1. The number of hydrogen-bond acceptors (Lipinski definition) is 3. The normalized spacial score (nSPS) is 11.8. The summed E-state index contributed by atoms with van der Waals surface area (Å²) in [7, 11) is 0. The molecule has 3 nitrogen and oxygen atoms in total. The summed E-state index contributed by atoms with van der Waals surface area (Å²) >= 11 is 7.53. The van der Waals surface area contributed by atoms with Crippen molar-refractivity contribution in [3.05, 3.63) is 58.6 Å². The first kappa shape index (κ1) is 18.7. The topological polar surface area (TPSA) is 38.3 Å². The molecule has 2 aromatic rings. The summed E-state index contributed by atoms with van der Waals surface area (Å²) in [4.78, 5) is 13.3. The Hall–Kier alpha value is -1.65. The maximum absolute atomic E-state index is 12.1. The van der Waals surface area contributed by atoms with Crippen LogP contribution in [0.5, 0.6) is 5.75 Å². The van der Waals surface area contributed by atoms with Crippen molar-refractivity contribution in [2.75, 3.05) is 12.3 Å². The largest absolute Gasteiger partial charge is 0.481 e. The molecule has 0 aliphatic carbocycles. The minimum Gasteiger partial charge on any atom is -0.481 e. The molecule has 1 unspecified atom stereocenters. The highest BCUT2D eigenvalue weighted by Crippen LogP contribution is 2.21. The Morgan fingerprint density at radius 3 is 2.62 bits per heavy atom. The summed E-state index contributed by atoms with van der Waals surface area (Å²) in [5.41, 5.74) is 2.14. The number of carbonyl (C=O) groups is 1. The molecule has 0 radical (unpaired) electrons. The molecular weight excluding hydrogens is 342 g/mol. The molecule has 1 N–H and O–H groups in total. The van der Waals surface area contributed by atoms with Crippen LogP contribution in [0.4, 0.5) is 0 Å². The lowest BCUT2D eigenvalue weighted by molar-refractivity contribution is -0.127. The molecule has 0 heterocycles. The van der Waals surface area contributed by atoms with Crippen molar-refractivity contribution in [3.63, 3.8) is 0 Å². The summed E-state index contributed by atoms with van der Waals surface area (Å²) < 4.78 is 5.78. The van der Waals surface area contributed by atoms with E-state index in [-0.39, 0.29) is 5.91 Å². The van der Waals surface area contributed by atoms with Crippen molar-refractivity contribution in [2.45, 2.75) is 31.8 Å². The zero-order valence-electron chi connectivity index (χ0n) is 14.1. The van der Waals surface area contributed by atoms with Crippen LogP contribution in [0.25, 0.3) is 0 Å². The van der Waals surface area contributed by atoms with Crippen LogP contribution in [0.2, 0.25) is 5.02 Å². The molecule has 0 aliphatic rings. The number of benzene rings is 2. The highest BCUT2D eigenvalue weighted by Gasteiger charge is 2.15. The van der Waals surface area contributed by atoms with Gasteiger partial charge in [0.2, 0.25) is 0 Å². The Labute approximate surface area is 152 Å². The van der Waals surface area contributed by atoms with Crippen LogP contribution in [0.3, 0.4) is 0 Å². The van der Waals surface area contributed by atoms with Crippen molar-refractivity contribution < 1.29 is 9.53 Å². The van der Waals surface area contributed by atoms with E-state index in [9.17, 15) is 4.79 Å². The molecular formula is C19H22ClNO2S. The molecule has 0 saturated carbocycles. The molecule has 5 heteroatoms. The van der Waals surface area contributed by atoms with E-state index in [4.69, 9.17) is 16.3 Å². The zero-order valence-corrected chi connectivity index (χ0v) is 15.7. The van der Waals surface area contributed by atoms with Gasteiger partial charge in [-0.25, -0.2) is 0 Å². The van der Waals surface area contributed by atoms with Crippen LogP contribution in [-0.2, 0) is 4.79 Å². The number of aryl methyl sites for hydroxylation is 2. The zero-order chi connectivity index (χ0) is 17.5. The Morgan fingerprint density at radius 1 is 1.21 bits per heavy atom. The molecule has 0 bridgehead atoms. The highest BCUT2D eigenvalue weighted by atomic mass is 35.5. The fraction of sp³-hybridized carbons (Fsp3) is 0.316. The van der Waals surface area contributed by atoms with Gasteiger partial charge in [0.05, 0.1) is 0 Å². The molecule has 1 amide bonds. The van der Waals surface area contributed by atoms with E-state index >= 15 is 0 Å². The van der Waals surface area contributed by atoms with Crippen molar-refractivity contribution >= 4 is 29.3 Å². The second-order valence-electron chi connectivity index (χ2n) is 5.62. The maximum atomic E-state index is 12.1. The van der Waals surface area contributed by atoms with Crippen molar-refractivity contribution in [1.29, 1.82) is 0 Å². The van der Waals surface area contributed by atoms with Gasteiger partial charge in [-0.15, -0.1) is 11.8 Å². The quantitative estimate of drug-likeness (QED) is 0.575. The first-order valence-electron chi connectivity index (χ1n) is 7.85. The van der Waals surface area contributed by atoms with Gasteiger partial charge in [0.15, 0.2) is 6.10 Å². The van der Waals surface area contributed by atoms with Gasteiger partial charge in [0.25, 0.3) is 5.91 Å². The number of nitrogens with one attached hydrogen (secondary N) is 1. The van der Waals surface area contributed by atoms with Crippen LogP contribution in [-0.4, -0.2) is 24.3 Å². The molecule has 1 atom stereocenters.